The monoisotopic (exact) mass is 199 g/mol. The Morgan fingerprint density at radius 2 is 2.08 bits per heavy atom. The van der Waals surface area contributed by atoms with Gasteiger partial charge in [0, 0.05) is 12.1 Å². The zero-order valence-electron chi connectivity index (χ0n) is 7.92. The molecule has 72 valence electrons. The molecule has 0 saturated heterocycles. The summed E-state index contributed by atoms with van der Waals surface area (Å²) in [5, 5.41) is 3.76. The summed E-state index contributed by atoms with van der Waals surface area (Å²) in [6.45, 7) is 4.29. The van der Waals surface area contributed by atoms with Crippen LogP contribution in [0.1, 0.15) is 26.7 Å². The Morgan fingerprint density at radius 3 is 2.62 bits per heavy atom. The molecular weight excluding hydrogens is 186 g/mol. The van der Waals surface area contributed by atoms with Crippen LogP contribution >= 0.6 is 11.6 Å². The summed E-state index contributed by atoms with van der Waals surface area (Å²) < 4.78 is 0. The number of aromatic nitrogens is 2. The van der Waals surface area contributed by atoms with Crippen LogP contribution in [0.2, 0.25) is 5.15 Å². The highest BCUT2D eigenvalue weighted by Gasteiger charge is 2.03. The van der Waals surface area contributed by atoms with E-state index in [1.807, 2.05) is 0 Å². The van der Waals surface area contributed by atoms with Crippen LogP contribution in [0.25, 0.3) is 0 Å². The number of anilines is 1. The van der Waals surface area contributed by atoms with Gasteiger partial charge in [-0.1, -0.05) is 25.4 Å². The number of nitrogens with zero attached hydrogens (tertiary/aromatic N) is 2. The van der Waals surface area contributed by atoms with E-state index < -0.39 is 0 Å². The van der Waals surface area contributed by atoms with Crippen LogP contribution in [0.3, 0.4) is 0 Å². The molecule has 1 N–H and O–H groups in total. The first kappa shape index (κ1) is 10.3. The SMILES string of the molecule is CCC(CC)Nc1cc(Cl)ncn1. The Labute approximate surface area is 83.5 Å². The Balaban J connectivity index is 2.62. The average Bonchev–Trinajstić information content (AvgIpc) is 2.14. The second-order valence-corrected chi connectivity index (χ2v) is 3.27. The lowest BCUT2D eigenvalue weighted by Crippen LogP contribution is -2.17. The molecule has 0 aromatic carbocycles. The molecule has 0 saturated carbocycles. The maximum absolute atomic E-state index is 5.72. The molecule has 0 bridgehead atoms. The van der Waals surface area contributed by atoms with Gasteiger partial charge in [0.05, 0.1) is 0 Å². The topological polar surface area (TPSA) is 37.8 Å². The summed E-state index contributed by atoms with van der Waals surface area (Å²) in [7, 11) is 0. The summed E-state index contributed by atoms with van der Waals surface area (Å²) in [5.41, 5.74) is 0. The van der Waals surface area contributed by atoms with Crippen LogP contribution in [0.15, 0.2) is 12.4 Å². The van der Waals surface area contributed by atoms with Crippen molar-refractivity contribution in [1.82, 2.24) is 9.97 Å². The predicted molar refractivity (Wildman–Crippen MR) is 55.0 cm³/mol. The van der Waals surface area contributed by atoms with Crippen molar-refractivity contribution in [2.75, 3.05) is 5.32 Å². The van der Waals surface area contributed by atoms with Crippen molar-refractivity contribution >= 4 is 17.4 Å². The summed E-state index contributed by atoms with van der Waals surface area (Å²) in [4.78, 5) is 7.88. The highest BCUT2D eigenvalue weighted by Crippen LogP contribution is 2.11. The van der Waals surface area contributed by atoms with Gasteiger partial charge in [0.25, 0.3) is 0 Å². The second kappa shape index (κ2) is 5.02. The second-order valence-electron chi connectivity index (χ2n) is 2.88. The van der Waals surface area contributed by atoms with E-state index in [9.17, 15) is 0 Å². The lowest BCUT2D eigenvalue weighted by molar-refractivity contribution is 0.668. The molecule has 0 unspecified atom stereocenters. The molecule has 3 nitrogen and oxygen atoms in total. The van der Waals surface area contributed by atoms with Crippen LogP contribution in [0.4, 0.5) is 5.82 Å². The van der Waals surface area contributed by atoms with E-state index in [4.69, 9.17) is 11.6 Å². The van der Waals surface area contributed by atoms with E-state index in [1.54, 1.807) is 6.07 Å². The molecular formula is C9H14ClN3. The lowest BCUT2D eigenvalue weighted by atomic mass is 10.2. The maximum Gasteiger partial charge on any atom is 0.134 e. The van der Waals surface area contributed by atoms with Crippen molar-refractivity contribution in [1.29, 1.82) is 0 Å². The molecule has 1 rings (SSSR count). The largest absolute Gasteiger partial charge is 0.367 e. The van der Waals surface area contributed by atoms with Gasteiger partial charge in [-0.05, 0) is 12.8 Å². The molecule has 0 aliphatic carbocycles. The van der Waals surface area contributed by atoms with Crippen LogP contribution in [-0.2, 0) is 0 Å². The minimum atomic E-state index is 0.464. The van der Waals surface area contributed by atoms with Gasteiger partial charge in [-0.3, -0.25) is 0 Å². The number of nitrogens with one attached hydrogen (secondary N) is 1. The molecule has 1 heterocycles. The lowest BCUT2D eigenvalue weighted by Gasteiger charge is -2.14. The fraction of sp³-hybridized carbons (Fsp3) is 0.556. The van der Waals surface area contributed by atoms with Crippen LogP contribution in [0.5, 0.6) is 0 Å². The smallest absolute Gasteiger partial charge is 0.134 e. The van der Waals surface area contributed by atoms with E-state index in [1.165, 1.54) is 6.33 Å². The number of rotatable bonds is 4. The molecule has 13 heavy (non-hydrogen) atoms. The minimum absolute atomic E-state index is 0.464. The Hall–Kier alpha value is -0.830. The van der Waals surface area contributed by atoms with Crippen molar-refractivity contribution in [3.63, 3.8) is 0 Å². The number of halogens is 1. The van der Waals surface area contributed by atoms with Crippen molar-refractivity contribution in [2.45, 2.75) is 32.7 Å². The van der Waals surface area contributed by atoms with Gasteiger partial charge in [-0.25, -0.2) is 9.97 Å². The van der Waals surface area contributed by atoms with Crippen molar-refractivity contribution < 1.29 is 0 Å². The van der Waals surface area contributed by atoms with Crippen LogP contribution in [0, 0.1) is 0 Å². The molecule has 4 heteroatoms. The van der Waals surface area contributed by atoms with Gasteiger partial charge in [0.15, 0.2) is 0 Å². The summed E-state index contributed by atoms with van der Waals surface area (Å²) in [6.07, 6.45) is 3.63. The molecule has 0 radical (unpaired) electrons. The number of hydrogen-bond acceptors (Lipinski definition) is 3. The first-order chi connectivity index (χ1) is 6.26. The van der Waals surface area contributed by atoms with Gasteiger partial charge in [-0.15, -0.1) is 0 Å². The third-order valence-corrected chi connectivity index (χ3v) is 2.18. The van der Waals surface area contributed by atoms with E-state index in [0.29, 0.717) is 11.2 Å². The Bertz CT molecular complexity index is 261. The highest BCUT2D eigenvalue weighted by molar-refractivity contribution is 6.29. The van der Waals surface area contributed by atoms with Gasteiger partial charge in [-0.2, -0.15) is 0 Å². The first-order valence-corrected chi connectivity index (χ1v) is 4.88. The fourth-order valence-corrected chi connectivity index (χ4v) is 1.26. The highest BCUT2D eigenvalue weighted by atomic mass is 35.5. The Morgan fingerprint density at radius 1 is 1.38 bits per heavy atom. The molecule has 1 aromatic heterocycles. The van der Waals surface area contributed by atoms with E-state index >= 15 is 0 Å². The van der Waals surface area contributed by atoms with Gasteiger partial charge in [0.1, 0.15) is 17.3 Å². The van der Waals surface area contributed by atoms with Crippen molar-refractivity contribution in [3.05, 3.63) is 17.5 Å². The summed E-state index contributed by atoms with van der Waals surface area (Å²) in [5.74, 6) is 0.800. The van der Waals surface area contributed by atoms with Crippen LogP contribution in [-0.4, -0.2) is 16.0 Å². The average molecular weight is 200 g/mol. The normalized spacial score (nSPS) is 10.5. The third-order valence-electron chi connectivity index (χ3n) is 1.97. The molecule has 0 atom stereocenters. The van der Waals surface area contributed by atoms with Crippen molar-refractivity contribution in [3.8, 4) is 0 Å². The van der Waals surface area contributed by atoms with Crippen molar-refractivity contribution in [2.24, 2.45) is 0 Å². The number of hydrogen-bond donors (Lipinski definition) is 1. The minimum Gasteiger partial charge on any atom is -0.367 e. The summed E-state index contributed by atoms with van der Waals surface area (Å²) >= 11 is 5.72. The maximum atomic E-state index is 5.72. The summed E-state index contributed by atoms with van der Waals surface area (Å²) in [6, 6.07) is 2.20. The van der Waals surface area contributed by atoms with Gasteiger partial charge >= 0.3 is 0 Å². The molecule has 0 amide bonds. The van der Waals surface area contributed by atoms with E-state index in [0.717, 1.165) is 18.7 Å². The van der Waals surface area contributed by atoms with Gasteiger partial charge < -0.3 is 5.32 Å². The molecule has 0 spiro atoms. The third kappa shape index (κ3) is 3.19. The standard InChI is InChI=1S/C9H14ClN3/c1-3-7(4-2)13-9-5-8(10)11-6-12-9/h5-7H,3-4H2,1-2H3,(H,11,12,13). The van der Waals surface area contributed by atoms with Gasteiger partial charge in [0.2, 0.25) is 0 Å². The van der Waals surface area contributed by atoms with Crippen LogP contribution < -0.4 is 5.32 Å². The molecule has 1 aromatic rings. The first-order valence-electron chi connectivity index (χ1n) is 4.50. The quantitative estimate of drug-likeness (QED) is 0.758. The zero-order valence-corrected chi connectivity index (χ0v) is 8.67. The zero-order chi connectivity index (χ0) is 9.68. The molecule has 0 fully saturated rings. The van der Waals surface area contributed by atoms with E-state index in [2.05, 4.69) is 29.1 Å². The molecule has 0 aliphatic rings. The predicted octanol–water partition coefficient (Wildman–Crippen LogP) is 2.73. The Kier molecular flexibility index (Phi) is 3.96. The fourth-order valence-electron chi connectivity index (χ4n) is 1.11. The van der Waals surface area contributed by atoms with E-state index in [-0.39, 0.29) is 0 Å². The molecule has 0 aliphatic heterocycles.